The number of nitrogens with one attached hydrogen (secondary N) is 2. The first-order valence-electron chi connectivity index (χ1n) is 6.08. The second-order valence-electron chi connectivity index (χ2n) is 4.35. The second kappa shape index (κ2) is 7.25. The van der Waals surface area contributed by atoms with Gasteiger partial charge in [0.05, 0.1) is 7.11 Å². The van der Waals surface area contributed by atoms with Crippen molar-refractivity contribution in [3.05, 3.63) is 21.9 Å². The molecule has 2 atom stereocenters. The van der Waals surface area contributed by atoms with Crippen LogP contribution in [0.2, 0.25) is 0 Å². The van der Waals surface area contributed by atoms with E-state index in [1.54, 1.807) is 11.3 Å². The van der Waals surface area contributed by atoms with Crippen LogP contribution in [0, 0.1) is 6.92 Å². The zero-order chi connectivity index (χ0) is 14.4. The van der Waals surface area contributed by atoms with Crippen molar-refractivity contribution in [1.29, 1.82) is 0 Å². The highest BCUT2D eigenvalue weighted by Gasteiger charge is 2.21. The van der Waals surface area contributed by atoms with E-state index in [1.165, 1.54) is 23.8 Å². The molecule has 106 valence electrons. The number of rotatable bonds is 6. The van der Waals surface area contributed by atoms with E-state index in [0.29, 0.717) is 6.54 Å². The first kappa shape index (κ1) is 15.7. The largest absolute Gasteiger partial charge is 0.467 e. The summed E-state index contributed by atoms with van der Waals surface area (Å²) in [6, 6.07) is 3.58. The van der Waals surface area contributed by atoms with Gasteiger partial charge in [-0.05, 0) is 26.0 Å². The van der Waals surface area contributed by atoms with Crippen molar-refractivity contribution in [2.24, 2.45) is 0 Å². The number of esters is 1. The monoisotopic (exact) mass is 284 g/mol. The molecule has 0 aliphatic heterocycles. The normalized spacial score (nSPS) is 13.7. The van der Waals surface area contributed by atoms with Gasteiger partial charge in [-0.25, -0.2) is 4.79 Å². The lowest BCUT2D eigenvalue weighted by atomic mass is 10.2. The number of carbonyl (C=O) groups excluding carboxylic acids is 2. The fraction of sp³-hybridized carbons (Fsp3) is 0.538. The quantitative estimate of drug-likeness (QED) is 0.775. The summed E-state index contributed by atoms with van der Waals surface area (Å²) in [5.74, 6) is -0.700. The molecule has 1 amide bonds. The minimum absolute atomic E-state index is 0.125. The molecule has 0 aliphatic rings. The number of hydrogen-bond donors (Lipinski definition) is 2. The Balaban J connectivity index is 2.55. The molecule has 0 saturated carbocycles. The lowest BCUT2D eigenvalue weighted by Crippen LogP contribution is -2.47. The number of hydrogen-bond acceptors (Lipinski definition) is 5. The number of ether oxygens (including phenoxy) is 1. The van der Waals surface area contributed by atoms with Gasteiger partial charge in [0.15, 0.2) is 0 Å². The van der Waals surface area contributed by atoms with Gasteiger partial charge >= 0.3 is 5.97 Å². The Morgan fingerprint density at radius 2 is 2.11 bits per heavy atom. The van der Waals surface area contributed by atoms with Crippen molar-refractivity contribution in [2.75, 3.05) is 13.7 Å². The van der Waals surface area contributed by atoms with Crippen LogP contribution < -0.4 is 10.6 Å². The van der Waals surface area contributed by atoms with Gasteiger partial charge in [-0.2, -0.15) is 0 Å². The average molecular weight is 284 g/mol. The molecule has 0 radical (unpaired) electrons. The van der Waals surface area contributed by atoms with E-state index < -0.39 is 12.0 Å². The number of carbonyl (C=O) groups is 2. The maximum Gasteiger partial charge on any atom is 0.329 e. The third kappa shape index (κ3) is 5.00. The van der Waals surface area contributed by atoms with E-state index in [0.717, 1.165) is 0 Å². The van der Waals surface area contributed by atoms with E-state index in [9.17, 15) is 9.59 Å². The van der Waals surface area contributed by atoms with E-state index in [-0.39, 0.29) is 11.9 Å². The summed E-state index contributed by atoms with van der Waals surface area (Å²) in [6.07, 6.45) is 0. The molecule has 1 aromatic rings. The van der Waals surface area contributed by atoms with Crippen LogP contribution in [0.4, 0.5) is 0 Å². The van der Waals surface area contributed by atoms with Gasteiger partial charge in [-0.1, -0.05) is 0 Å². The molecule has 0 aliphatic carbocycles. The SMILES string of the molecule is COC(=O)C(CNC(C)c1ccc(C)s1)NC(C)=O. The van der Waals surface area contributed by atoms with Crippen LogP contribution in [-0.4, -0.2) is 31.6 Å². The lowest BCUT2D eigenvalue weighted by molar-refractivity contribution is -0.144. The van der Waals surface area contributed by atoms with Gasteiger partial charge in [0.2, 0.25) is 5.91 Å². The van der Waals surface area contributed by atoms with Crippen LogP contribution in [0.15, 0.2) is 12.1 Å². The molecule has 1 aromatic heterocycles. The summed E-state index contributed by atoms with van der Waals surface area (Å²) >= 11 is 1.71. The molecule has 0 saturated heterocycles. The first-order chi connectivity index (χ1) is 8.93. The molecule has 2 N–H and O–H groups in total. The standard InChI is InChI=1S/C13H20N2O3S/c1-8-5-6-12(19-8)9(2)14-7-11(13(17)18-4)15-10(3)16/h5-6,9,11,14H,7H2,1-4H3,(H,15,16). The van der Waals surface area contributed by atoms with Gasteiger partial charge in [0.1, 0.15) is 6.04 Å². The Hall–Kier alpha value is -1.40. The van der Waals surface area contributed by atoms with Crippen molar-refractivity contribution >= 4 is 23.2 Å². The molecule has 1 heterocycles. The van der Waals surface area contributed by atoms with Crippen molar-refractivity contribution < 1.29 is 14.3 Å². The van der Waals surface area contributed by atoms with Gasteiger partial charge < -0.3 is 15.4 Å². The van der Waals surface area contributed by atoms with E-state index >= 15 is 0 Å². The highest BCUT2D eigenvalue weighted by atomic mass is 32.1. The fourth-order valence-electron chi connectivity index (χ4n) is 1.66. The molecular weight excluding hydrogens is 264 g/mol. The third-order valence-corrected chi connectivity index (χ3v) is 3.86. The van der Waals surface area contributed by atoms with Gasteiger partial charge in [-0.3, -0.25) is 4.79 Å². The van der Waals surface area contributed by atoms with Crippen LogP contribution in [0.1, 0.15) is 29.6 Å². The molecule has 1 rings (SSSR count). The molecule has 6 heteroatoms. The molecule has 0 fully saturated rings. The zero-order valence-electron chi connectivity index (χ0n) is 11.6. The van der Waals surface area contributed by atoms with Crippen LogP contribution in [-0.2, 0) is 14.3 Å². The highest BCUT2D eigenvalue weighted by molar-refractivity contribution is 7.12. The van der Waals surface area contributed by atoms with Gasteiger partial charge in [0.25, 0.3) is 0 Å². The molecular formula is C13H20N2O3S. The zero-order valence-corrected chi connectivity index (χ0v) is 12.5. The van der Waals surface area contributed by atoms with Crippen LogP contribution in [0.25, 0.3) is 0 Å². The molecule has 0 spiro atoms. The first-order valence-corrected chi connectivity index (χ1v) is 6.90. The summed E-state index contributed by atoms with van der Waals surface area (Å²) in [5, 5.41) is 5.80. The third-order valence-electron chi connectivity index (χ3n) is 2.68. The Labute approximate surface area is 117 Å². The number of amides is 1. The van der Waals surface area contributed by atoms with E-state index in [1.807, 2.05) is 6.92 Å². The van der Waals surface area contributed by atoms with Gasteiger partial charge in [0, 0.05) is 29.3 Å². The fourth-order valence-corrected chi connectivity index (χ4v) is 2.57. The number of thiophene rings is 1. The Bertz CT molecular complexity index is 445. The maximum atomic E-state index is 11.5. The van der Waals surface area contributed by atoms with Gasteiger partial charge in [-0.15, -0.1) is 11.3 Å². The summed E-state index contributed by atoms with van der Waals surface area (Å²) in [5.41, 5.74) is 0. The molecule has 0 aromatic carbocycles. The Morgan fingerprint density at radius 1 is 1.42 bits per heavy atom. The predicted octanol–water partition coefficient (Wildman–Crippen LogP) is 1.38. The molecule has 19 heavy (non-hydrogen) atoms. The topological polar surface area (TPSA) is 67.4 Å². The van der Waals surface area contributed by atoms with Crippen LogP contribution in [0.3, 0.4) is 0 Å². The minimum atomic E-state index is -0.661. The van der Waals surface area contributed by atoms with Crippen LogP contribution in [0.5, 0.6) is 0 Å². The molecule has 5 nitrogen and oxygen atoms in total. The lowest BCUT2D eigenvalue weighted by Gasteiger charge is -2.19. The highest BCUT2D eigenvalue weighted by Crippen LogP contribution is 2.22. The summed E-state index contributed by atoms with van der Waals surface area (Å²) in [4.78, 5) is 25.0. The minimum Gasteiger partial charge on any atom is -0.467 e. The Kier molecular flexibility index (Phi) is 5.98. The molecule has 2 unspecified atom stereocenters. The van der Waals surface area contributed by atoms with Crippen LogP contribution >= 0.6 is 11.3 Å². The molecule has 0 bridgehead atoms. The smallest absolute Gasteiger partial charge is 0.329 e. The average Bonchev–Trinajstić information content (AvgIpc) is 2.79. The van der Waals surface area contributed by atoms with Crippen molar-refractivity contribution in [1.82, 2.24) is 10.6 Å². The maximum absolute atomic E-state index is 11.5. The van der Waals surface area contributed by atoms with Crippen molar-refractivity contribution in [3.8, 4) is 0 Å². The van der Waals surface area contributed by atoms with Crippen molar-refractivity contribution in [2.45, 2.75) is 32.9 Å². The second-order valence-corrected chi connectivity index (χ2v) is 5.67. The van der Waals surface area contributed by atoms with E-state index in [2.05, 4.69) is 34.4 Å². The Morgan fingerprint density at radius 3 is 2.58 bits per heavy atom. The summed E-state index contributed by atoms with van der Waals surface area (Å²) < 4.78 is 4.66. The summed E-state index contributed by atoms with van der Waals surface area (Å²) in [7, 11) is 1.31. The predicted molar refractivity (Wildman–Crippen MR) is 75.1 cm³/mol. The number of methoxy groups -OCH3 is 1. The number of aryl methyl sites for hydroxylation is 1. The van der Waals surface area contributed by atoms with E-state index in [4.69, 9.17) is 0 Å². The summed E-state index contributed by atoms with van der Waals surface area (Å²) in [6.45, 7) is 5.79. The van der Waals surface area contributed by atoms with Crippen molar-refractivity contribution in [3.63, 3.8) is 0 Å².